The van der Waals surface area contributed by atoms with Crippen molar-refractivity contribution in [2.75, 3.05) is 13.2 Å². The Labute approximate surface area is 78.6 Å². The second kappa shape index (κ2) is 3.90. The topological polar surface area (TPSA) is 32.3 Å². The quantitative estimate of drug-likeness (QED) is 0.709. The molecule has 2 N–H and O–H groups in total. The van der Waals surface area contributed by atoms with E-state index in [1.807, 2.05) is 6.07 Å². The molecule has 2 heteroatoms. The Morgan fingerprint density at radius 3 is 2.77 bits per heavy atom. The zero-order valence-electron chi connectivity index (χ0n) is 7.61. The van der Waals surface area contributed by atoms with Crippen molar-refractivity contribution in [1.82, 2.24) is 5.32 Å². The van der Waals surface area contributed by atoms with Gasteiger partial charge in [0.2, 0.25) is 0 Å². The minimum absolute atomic E-state index is 0.236. The second-order valence-corrected chi connectivity index (χ2v) is 3.55. The molecular weight excluding hydrogens is 162 g/mol. The first-order valence-electron chi connectivity index (χ1n) is 4.81. The summed E-state index contributed by atoms with van der Waals surface area (Å²) in [4.78, 5) is 0. The van der Waals surface area contributed by atoms with E-state index in [9.17, 15) is 0 Å². The normalized spacial score (nSPS) is 27.8. The highest BCUT2D eigenvalue weighted by atomic mass is 16.3. The molecule has 2 nitrogen and oxygen atoms in total. The lowest BCUT2D eigenvalue weighted by molar-refractivity contribution is 0.245. The Morgan fingerprint density at radius 1 is 1.31 bits per heavy atom. The molecule has 1 aliphatic heterocycles. The van der Waals surface area contributed by atoms with Gasteiger partial charge in [-0.15, -0.1) is 0 Å². The highest BCUT2D eigenvalue weighted by molar-refractivity contribution is 5.22. The number of benzene rings is 1. The Bertz CT molecular complexity index is 260. The lowest BCUT2D eigenvalue weighted by Gasteiger charge is -2.17. The molecule has 2 rings (SSSR count). The molecule has 1 aliphatic rings. The van der Waals surface area contributed by atoms with E-state index < -0.39 is 0 Å². The summed E-state index contributed by atoms with van der Waals surface area (Å²) in [5.74, 6) is 0.492. The zero-order chi connectivity index (χ0) is 9.10. The lowest BCUT2D eigenvalue weighted by Crippen LogP contribution is -2.29. The summed E-state index contributed by atoms with van der Waals surface area (Å²) < 4.78 is 0. The van der Waals surface area contributed by atoms with Gasteiger partial charge in [0.15, 0.2) is 0 Å². The van der Waals surface area contributed by atoms with E-state index in [1.165, 1.54) is 5.56 Å². The van der Waals surface area contributed by atoms with Crippen LogP contribution >= 0.6 is 0 Å². The largest absolute Gasteiger partial charge is 0.395 e. The predicted octanol–water partition coefficient (Wildman–Crippen LogP) is 1.12. The average Bonchev–Trinajstić information content (AvgIpc) is 2.67. The van der Waals surface area contributed by atoms with Crippen molar-refractivity contribution in [3.05, 3.63) is 35.9 Å². The van der Waals surface area contributed by atoms with Crippen LogP contribution in [0.4, 0.5) is 0 Å². The van der Waals surface area contributed by atoms with E-state index in [2.05, 4.69) is 29.6 Å². The van der Waals surface area contributed by atoms with Crippen LogP contribution < -0.4 is 5.32 Å². The van der Waals surface area contributed by atoms with Crippen molar-refractivity contribution in [1.29, 1.82) is 0 Å². The molecule has 0 bridgehead atoms. The minimum Gasteiger partial charge on any atom is -0.395 e. The van der Waals surface area contributed by atoms with E-state index in [1.54, 1.807) is 0 Å². The van der Waals surface area contributed by atoms with E-state index in [-0.39, 0.29) is 12.6 Å². The third kappa shape index (κ3) is 1.74. The third-order valence-corrected chi connectivity index (χ3v) is 2.77. The molecule has 1 aromatic rings. The zero-order valence-corrected chi connectivity index (χ0v) is 7.61. The van der Waals surface area contributed by atoms with Gasteiger partial charge < -0.3 is 10.4 Å². The fraction of sp³-hybridized carbons (Fsp3) is 0.455. The number of aliphatic hydroxyl groups is 1. The van der Waals surface area contributed by atoms with Crippen LogP contribution in [0.25, 0.3) is 0 Å². The summed E-state index contributed by atoms with van der Waals surface area (Å²) >= 11 is 0. The van der Waals surface area contributed by atoms with Crippen LogP contribution in [0.5, 0.6) is 0 Å². The van der Waals surface area contributed by atoms with Gasteiger partial charge in [-0.1, -0.05) is 30.3 Å². The van der Waals surface area contributed by atoms with Gasteiger partial charge in [0, 0.05) is 12.0 Å². The summed E-state index contributed by atoms with van der Waals surface area (Å²) in [6.45, 7) is 1.25. The molecule has 1 fully saturated rings. The Hall–Kier alpha value is -0.860. The monoisotopic (exact) mass is 177 g/mol. The first-order chi connectivity index (χ1) is 6.42. The van der Waals surface area contributed by atoms with E-state index in [0.717, 1.165) is 13.0 Å². The summed E-state index contributed by atoms with van der Waals surface area (Å²) in [6, 6.07) is 10.7. The molecule has 0 amide bonds. The molecular formula is C11H15NO. The van der Waals surface area contributed by atoms with Crippen LogP contribution in [0, 0.1) is 0 Å². The summed E-state index contributed by atoms with van der Waals surface area (Å²) in [6.07, 6.45) is 1.13. The third-order valence-electron chi connectivity index (χ3n) is 2.77. The van der Waals surface area contributed by atoms with Crippen LogP contribution in [-0.4, -0.2) is 24.3 Å². The van der Waals surface area contributed by atoms with Crippen LogP contribution in [-0.2, 0) is 0 Å². The highest BCUT2D eigenvalue weighted by Crippen LogP contribution is 2.26. The summed E-state index contributed by atoms with van der Waals surface area (Å²) in [5, 5.41) is 12.4. The van der Waals surface area contributed by atoms with Crippen molar-refractivity contribution in [2.45, 2.75) is 18.4 Å². The molecule has 13 heavy (non-hydrogen) atoms. The molecule has 0 spiro atoms. The number of nitrogens with one attached hydrogen (secondary N) is 1. The van der Waals surface area contributed by atoms with Gasteiger partial charge in [-0.2, -0.15) is 0 Å². The molecule has 1 heterocycles. The van der Waals surface area contributed by atoms with Crippen LogP contribution in [0.15, 0.2) is 30.3 Å². The van der Waals surface area contributed by atoms with E-state index in [0.29, 0.717) is 5.92 Å². The number of hydrogen-bond acceptors (Lipinski definition) is 2. The number of rotatable bonds is 2. The van der Waals surface area contributed by atoms with Gasteiger partial charge in [0.1, 0.15) is 0 Å². The maximum absolute atomic E-state index is 9.14. The van der Waals surface area contributed by atoms with Crippen molar-refractivity contribution in [3.8, 4) is 0 Å². The smallest absolute Gasteiger partial charge is 0.0590 e. The Morgan fingerprint density at radius 2 is 2.08 bits per heavy atom. The van der Waals surface area contributed by atoms with Crippen molar-refractivity contribution in [3.63, 3.8) is 0 Å². The number of aliphatic hydroxyl groups excluding tert-OH is 1. The first kappa shape index (κ1) is 8.73. The maximum atomic E-state index is 9.14. The van der Waals surface area contributed by atoms with Gasteiger partial charge in [-0.3, -0.25) is 0 Å². The molecule has 2 unspecified atom stereocenters. The van der Waals surface area contributed by atoms with E-state index in [4.69, 9.17) is 5.11 Å². The van der Waals surface area contributed by atoms with Crippen LogP contribution in [0.2, 0.25) is 0 Å². The van der Waals surface area contributed by atoms with Crippen molar-refractivity contribution >= 4 is 0 Å². The van der Waals surface area contributed by atoms with E-state index >= 15 is 0 Å². The Balaban J connectivity index is 2.16. The predicted molar refractivity (Wildman–Crippen MR) is 52.7 cm³/mol. The van der Waals surface area contributed by atoms with Gasteiger partial charge in [0.05, 0.1) is 6.61 Å². The fourth-order valence-electron chi connectivity index (χ4n) is 2.06. The van der Waals surface area contributed by atoms with Gasteiger partial charge in [-0.05, 0) is 18.5 Å². The standard InChI is InChI=1S/C11H15NO/c13-8-11-10(6-7-12-11)9-4-2-1-3-5-9/h1-5,10-13H,6-8H2. The fourth-order valence-corrected chi connectivity index (χ4v) is 2.06. The maximum Gasteiger partial charge on any atom is 0.0590 e. The summed E-state index contributed by atoms with van der Waals surface area (Å²) in [5.41, 5.74) is 1.34. The molecule has 0 radical (unpaired) electrons. The number of hydrogen-bond donors (Lipinski definition) is 2. The highest BCUT2D eigenvalue weighted by Gasteiger charge is 2.26. The molecule has 0 aliphatic carbocycles. The second-order valence-electron chi connectivity index (χ2n) is 3.55. The molecule has 2 atom stereocenters. The molecule has 0 aromatic heterocycles. The van der Waals surface area contributed by atoms with Crippen molar-refractivity contribution in [2.24, 2.45) is 0 Å². The SMILES string of the molecule is OCC1NCCC1c1ccccc1. The first-order valence-corrected chi connectivity index (χ1v) is 4.81. The molecule has 1 saturated heterocycles. The lowest BCUT2D eigenvalue weighted by atomic mass is 9.92. The Kier molecular flexibility index (Phi) is 2.62. The molecule has 1 aromatic carbocycles. The van der Waals surface area contributed by atoms with Gasteiger partial charge >= 0.3 is 0 Å². The van der Waals surface area contributed by atoms with Gasteiger partial charge in [0.25, 0.3) is 0 Å². The molecule has 70 valence electrons. The minimum atomic E-state index is 0.236. The molecule has 0 saturated carbocycles. The average molecular weight is 177 g/mol. The summed E-state index contributed by atoms with van der Waals surface area (Å²) in [7, 11) is 0. The van der Waals surface area contributed by atoms with Crippen LogP contribution in [0.1, 0.15) is 17.9 Å². The van der Waals surface area contributed by atoms with Gasteiger partial charge in [-0.25, -0.2) is 0 Å². The van der Waals surface area contributed by atoms with Crippen LogP contribution in [0.3, 0.4) is 0 Å². The van der Waals surface area contributed by atoms with Crippen molar-refractivity contribution < 1.29 is 5.11 Å².